The summed E-state index contributed by atoms with van der Waals surface area (Å²) < 4.78 is 0. The highest BCUT2D eigenvalue weighted by Gasteiger charge is 2.30. The van der Waals surface area contributed by atoms with Crippen LogP contribution in [0.25, 0.3) is 0 Å². The van der Waals surface area contributed by atoms with Crippen LogP contribution in [-0.4, -0.2) is 40.0 Å². The van der Waals surface area contributed by atoms with Gasteiger partial charge in [0, 0.05) is 24.8 Å². The normalized spacial score (nSPS) is 20.2. The van der Waals surface area contributed by atoms with E-state index in [1.807, 2.05) is 19.2 Å². The van der Waals surface area contributed by atoms with Gasteiger partial charge >= 0.3 is 0 Å². The first-order valence-electron chi connectivity index (χ1n) is 7.43. The Morgan fingerprint density at radius 3 is 2.84 bits per heavy atom. The van der Waals surface area contributed by atoms with Gasteiger partial charge in [0.05, 0.1) is 5.69 Å². The van der Waals surface area contributed by atoms with Crippen molar-refractivity contribution in [3.05, 3.63) is 23.8 Å². The summed E-state index contributed by atoms with van der Waals surface area (Å²) in [6.45, 7) is 10.9. The van der Waals surface area contributed by atoms with Crippen LogP contribution in [0, 0.1) is 6.92 Å². The van der Waals surface area contributed by atoms with Crippen molar-refractivity contribution >= 4 is 0 Å². The second-order valence-electron chi connectivity index (χ2n) is 5.57. The van der Waals surface area contributed by atoms with E-state index in [-0.39, 0.29) is 5.54 Å². The molecule has 0 radical (unpaired) electrons. The lowest BCUT2D eigenvalue weighted by Gasteiger charge is -2.35. The Hall–Kier alpha value is -1.00. The minimum atomic E-state index is 0.276. The number of hydrogen-bond acceptors (Lipinski definition) is 4. The van der Waals surface area contributed by atoms with Crippen LogP contribution < -0.4 is 5.32 Å². The maximum absolute atomic E-state index is 4.52. The molecule has 4 nitrogen and oxygen atoms in total. The molecule has 0 saturated carbocycles. The van der Waals surface area contributed by atoms with Gasteiger partial charge in [0.25, 0.3) is 0 Å². The number of hydrogen-bond donors (Lipinski definition) is 1. The summed E-state index contributed by atoms with van der Waals surface area (Å²) in [7, 11) is 0. The molecule has 0 aromatic carbocycles. The molecule has 1 aliphatic heterocycles. The zero-order valence-electron chi connectivity index (χ0n) is 12.4. The average molecular weight is 262 g/mol. The monoisotopic (exact) mass is 262 g/mol. The average Bonchev–Trinajstić information content (AvgIpc) is 2.62. The number of aryl methyl sites for hydroxylation is 1. The Morgan fingerprint density at radius 1 is 1.37 bits per heavy atom. The summed E-state index contributed by atoms with van der Waals surface area (Å²) in [5.41, 5.74) is 1.41. The Bertz CT molecular complexity index is 401. The van der Waals surface area contributed by atoms with Gasteiger partial charge in [-0.25, -0.2) is 9.97 Å². The Labute approximate surface area is 116 Å². The van der Waals surface area contributed by atoms with Crippen molar-refractivity contribution in [1.29, 1.82) is 0 Å². The zero-order valence-corrected chi connectivity index (χ0v) is 12.4. The molecule has 0 atom stereocenters. The maximum Gasteiger partial charge on any atom is 0.125 e. The highest BCUT2D eigenvalue weighted by atomic mass is 15.2. The molecule has 1 saturated heterocycles. The first kappa shape index (κ1) is 14.4. The topological polar surface area (TPSA) is 41.1 Å². The van der Waals surface area contributed by atoms with Crippen LogP contribution in [0.3, 0.4) is 0 Å². The molecule has 4 heteroatoms. The second-order valence-corrected chi connectivity index (χ2v) is 5.57. The fourth-order valence-electron chi connectivity index (χ4n) is 2.90. The first-order valence-corrected chi connectivity index (χ1v) is 7.43. The molecular formula is C15H26N4. The summed E-state index contributed by atoms with van der Waals surface area (Å²) in [4.78, 5) is 11.2. The molecule has 1 aliphatic rings. The predicted octanol–water partition coefficient (Wildman–Crippen LogP) is 2.14. The minimum absolute atomic E-state index is 0.276. The van der Waals surface area contributed by atoms with Crippen LogP contribution in [0.15, 0.2) is 12.3 Å². The van der Waals surface area contributed by atoms with Crippen molar-refractivity contribution in [2.24, 2.45) is 0 Å². The lowest BCUT2D eigenvalue weighted by atomic mass is 9.92. The van der Waals surface area contributed by atoms with Crippen molar-refractivity contribution in [2.75, 3.05) is 19.6 Å². The molecule has 1 aromatic rings. The maximum atomic E-state index is 4.52. The lowest BCUT2D eigenvalue weighted by Crippen LogP contribution is -2.50. The summed E-state index contributed by atoms with van der Waals surface area (Å²) in [5, 5.41) is 3.75. The molecule has 106 valence electrons. The van der Waals surface area contributed by atoms with Gasteiger partial charge in [0.2, 0.25) is 0 Å². The van der Waals surface area contributed by atoms with E-state index in [1.54, 1.807) is 0 Å². The third-order valence-corrected chi connectivity index (χ3v) is 4.25. The van der Waals surface area contributed by atoms with Crippen molar-refractivity contribution in [3.8, 4) is 0 Å². The van der Waals surface area contributed by atoms with Gasteiger partial charge in [-0.15, -0.1) is 0 Å². The molecule has 2 rings (SSSR count). The predicted molar refractivity (Wildman–Crippen MR) is 78.0 cm³/mol. The number of nitrogens with zero attached hydrogens (tertiary/aromatic N) is 3. The Balaban J connectivity index is 2.06. The minimum Gasteiger partial charge on any atom is -0.310 e. The van der Waals surface area contributed by atoms with Crippen molar-refractivity contribution in [2.45, 2.75) is 52.1 Å². The van der Waals surface area contributed by atoms with E-state index in [0.29, 0.717) is 0 Å². The number of rotatable bonds is 4. The van der Waals surface area contributed by atoms with Gasteiger partial charge in [-0.2, -0.15) is 0 Å². The number of nitrogens with one attached hydrogen (secondary N) is 1. The molecule has 1 fully saturated rings. The molecule has 19 heavy (non-hydrogen) atoms. The Kier molecular flexibility index (Phi) is 4.88. The first-order chi connectivity index (χ1) is 9.17. The summed E-state index contributed by atoms with van der Waals surface area (Å²) >= 11 is 0. The summed E-state index contributed by atoms with van der Waals surface area (Å²) in [5.74, 6) is 0.864. The van der Waals surface area contributed by atoms with Crippen LogP contribution in [0.1, 0.15) is 44.6 Å². The molecule has 1 aromatic heterocycles. The van der Waals surface area contributed by atoms with Crippen molar-refractivity contribution in [1.82, 2.24) is 20.2 Å². The van der Waals surface area contributed by atoms with Crippen molar-refractivity contribution in [3.63, 3.8) is 0 Å². The zero-order chi connectivity index (χ0) is 13.7. The molecule has 0 bridgehead atoms. The molecule has 0 amide bonds. The van der Waals surface area contributed by atoms with Crippen LogP contribution in [0.2, 0.25) is 0 Å². The van der Waals surface area contributed by atoms with Gasteiger partial charge < -0.3 is 5.32 Å². The van der Waals surface area contributed by atoms with Gasteiger partial charge in [-0.05, 0) is 45.3 Å². The van der Waals surface area contributed by atoms with Crippen LogP contribution in [0.5, 0.6) is 0 Å². The van der Waals surface area contributed by atoms with Crippen LogP contribution in [-0.2, 0) is 6.54 Å². The standard InChI is InChI=1S/C15H26N4/c1-4-15(5-2)12-19(10-6-8-17-15)11-14-7-9-16-13(3)18-14/h7,9,17H,4-6,8,10-12H2,1-3H3. The smallest absolute Gasteiger partial charge is 0.125 e. The highest BCUT2D eigenvalue weighted by Crippen LogP contribution is 2.20. The largest absolute Gasteiger partial charge is 0.310 e. The summed E-state index contributed by atoms with van der Waals surface area (Å²) in [6, 6.07) is 2.03. The molecule has 2 heterocycles. The van der Waals surface area contributed by atoms with E-state index in [4.69, 9.17) is 0 Å². The van der Waals surface area contributed by atoms with Gasteiger partial charge in [-0.3, -0.25) is 4.90 Å². The third kappa shape index (κ3) is 3.74. The van der Waals surface area contributed by atoms with E-state index in [2.05, 4.69) is 34.0 Å². The van der Waals surface area contributed by atoms with Gasteiger partial charge in [0.1, 0.15) is 5.82 Å². The quantitative estimate of drug-likeness (QED) is 0.902. The van der Waals surface area contributed by atoms with E-state index in [9.17, 15) is 0 Å². The van der Waals surface area contributed by atoms with Crippen LogP contribution in [0.4, 0.5) is 0 Å². The molecule has 0 unspecified atom stereocenters. The fourth-order valence-corrected chi connectivity index (χ4v) is 2.90. The van der Waals surface area contributed by atoms with E-state index in [1.165, 1.54) is 19.3 Å². The van der Waals surface area contributed by atoms with E-state index in [0.717, 1.165) is 37.7 Å². The third-order valence-electron chi connectivity index (χ3n) is 4.25. The summed E-state index contributed by atoms with van der Waals surface area (Å²) in [6.07, 6.45) is 5.44. The van der Waals surface area contributed by atoms with Crippen LogP contribution >= 0.6 is 0 Å². The number of aromatic nitrogens is 2. The van der Waals surface area contributed by atoms with Gasteiger partial charge in [-0.1, -0.05) is 13.8 Å². The molecular weight excluding hydrogens is 236 g/mol. The van der Waals surface area contributed by atoms with E-state index < -0.39 is 0 Å². The lowest BCUT2D eigenvalue weighted by molar-refractivity contribution is 0.189. The van der Waals surface area contributed by atoms with Gasteiger partial charge in [0.15, 0.2) is 0 Å². The molecule has 0 aliphatic carbocycles. The molecule has 1 N–H and O–H groups in total. The molecule has 0 spiro atoms. The van der Waals surface area contributed by atoms with Crippen molar-refractivity contribution < 1.29 is 0 Å². The second kappa shape index (κ2) is 6.44. The Morgan fingerprint density at radius 2 is 2.16 bits per heavy atom. The van der Waals surface area contributed by atoms with E-state index >= 15 is 0 Å². The SMILES string of the molecule is CCC1(CC)CN(Cc2ccnc(C)n2)CCCN1. The highest BCUT2D eigenvalue weighted by molar-refractivity contribution is 5.02. The fraction of sp³-hybridized carbons (Fsp3) is 0.733.